The molecule has 9 atom stereocenters. The topological polar surface area (TPSA) is 475 Å². The van der Waals surface area contributed by atoms with Crippen molar-refractivity contribution in [2.45, 2.75) is 147 Å². The fourth-order valence-electron chi connectivity index (χ4n) is 7.05. The normalized spacial score (nSPS) is 14.7. The zero-order valence-electron chi connectivity index (χ0n) is 43.0. The van der Waals surface area contributed by atoms with Crippen molar-refractivity contribution in [2.24, 2.45) is 29.0 Å². The molecular weight excluding hydrogens is 989 g/mol. The minimum absolute atomic E-state index is 0.00971. The Bertz CT molecular complexity index is 2080. The van der Waals surface area contributed by atoms with Gasteiger partial charge in [0.05, 0.1) is 32.2 Å². The monoisotopic (exact) mass is 1070 g/mol. The number of carboxylic acids is 2. The van der Waals surface area contributed by atoms with E-state index >= 15 is 0 Å². The number of aliphatic hydroxyl groups is 2. The highest BCUT2D eigenvalue weighted by molar-refractivity contribution is 5.98. The number of aliphatic carboxylic acids is 2. The van der Waals surface area contributed by atoms with Gasteiger partial charge >= 0.3 is 11.9 Å². The molecule has 0 spiro atoms. The van der Waals surface area contributed by atoms with Gasteiger partial charge in [-0.2, -0.15) is 0 Å². The molecule has 422 valence electrons. The minimum Gasteiger partial charge on any atom is -0.508 e. The van der Waals surface area contributed by atoms with E-state index in [9.17, 15) is 73.2 Å². The Kier molecular flexibility index (Phi) is 30.3. The van der Waals surface area contributed by atoms with Crippen LogP contribution in [-0.4, -0.2) is 178 Å². The van der Waals surface area contributed by atoms with E-state index in [0.29, 0.717) is 37.8 Å². The maximum absolute atomic E-state index is 13.8. The summed E-state index contributed by atoms with van der Waals surface area (Å²) >= 11 is 0. The summed E-state index contributed by atoms with van der Waals surface area (Å²) in [6, 6.07) is -7.27. The quantitative estimate of drug-likeness (QED) is 0.0279. The average molecular weight is 1070 g/mol. The standard InChI is InChI=1S/C47H78N12O16/c1-24(2)18-32(43(70)54-30(10-6-8-16-48)42(69)58-34(22-60)44(71)55-31(47(74)75)11-7-9-17-49)53-36(63)21-51-41(68)33(19-27-12-14-28(62)15-13-27)56-39(66)26(5)52-46(73)38(25(3)4)59-45(72)35(23-61)57-40(67)29(50)20-37(64)65/h12-15,24-26,29-35,38,60-62H,6-11,16-23,48-50H2,1-5H3,(H,51,68)(H,52,73)(H,53,63)(H,54,70)(H,55,71)(H,56,66)(H,57,67)(H,58,69)(H,59,72)(H,64,65)(H,74,75)/t26-,29-,30-,31-,32-,33-,34-,35-,38-/m0/s1. The maximum atomic E-state index is 13.8. The van der Waals surface area contributed by atoms with Crippen LogP contribution in [0.1, 0.15) is 91.5 Å². The van der Waals surface area contributed by atoms with E-state index in [-0.39, 0.29) is 43.9 Å². The summed E-state index contributed by atoms with van der Waals surface area (Å²) < 4.78 is 0. The lowest BCUT2D eigenvalue weighted by atomic mass is 10.0. The van der Waals surface area contributed by atoms with Crippen LogP contribution in [0.25, 0.3) is 0 Å². The number of hydrogen-bond acceptors (Lipinski definition) is 17. The first-order valence-corrected chi connectivity index (χ1v) is 24.6. The lowest BCUT2D eigenvalue weighted by molar-refractivity contribution is -0.143. The van der Waals surface area contributed by atoms with Gasteiger partial charge in [0.2, 0.25) is 53.2 Å². The van der Waals surface area contributed by atoms with E-state index in [4.69, 9.17) is 22.3 Å². The van der Waals surface area contributed by atoms with Crippen LogP contribution >= 0.6 is 0 Å². The number of aliphatic hydroxyl groups excluding tert-OH is 2. The molecule has 0 aromatic heterocycles. The van der Waals surface area contributed by atoms with Gasteiger partial charge < -0.3 is 90.6 Å². The van der Waals surface area contributed by atoms with Crippen molar-refractivity contribution in [2.75, 3.05) is 32.8 Å². The highest BCUT2D eigenvalue weighted by Gasteiger charge is 2.34. The second kappa shape index (κ2) is 34.5. The molecule has 28 nitrogen and oxygen atoms in total. The molecule has 9 amide bonds. The molecule has 0 radical (unpaired) electrons. The molecule has 0 saturated heterocycles. The second-order valence-corrected chi connectivity index (χ2v) is 18.6. The van der Waals surface area contributed by atoms with Gasteiger partial charge in [0.1, 0.15) is 54.1 Å². The molecule has 0 fully saturated rings. The third-order valence-corrected chi connectivity index (χ3v) is 11.3. The average Bonchev–Trinajstić information content (AvgIpc) is 3.34. The number of carboxylic acid groups (broad SMARTS) is 2. The molecule has 1 aromatic carbocycles. The molecule has 1 aromatic rings. The number of benzene rings is 1. The Labute approximate surface area is 434 Å². The summed E-state index contributed by atoms with van der Waals surface area (Å²) in [5.74, 6) is -12.0. The fraction of sp³-hybridized carbons (Fsp3) is 0.638. The highest BCUT2D eigenvalue weighted by Crippen LogP contribution is 2.13. The summed E-state index contributed by atoms with van der Waals surface area (Å²) in [6.45, 7) is 5.81. The number of unbranched alkanes of at least 4 members (excludes halogenated alkanes) is 2. The molecule has 28 heteroatoms. The molecular formula is C47H78N12O16. The number of nitrogens with two attached hydrogens (primary N) is 3. The van der Waals surface area contributed by atoms with Gasteiger partial charge in [-0.1, -0.05) is 39.8 Å². The third-order valence-electron chi connectivity index (χ3n) is 11.3. The van der Waals surface area contributed by atoms with Crippen molar-refractivity contribution in [3.63, 3.8) is 0 Å². The first kappa shape index (κ1) is 66.0. The van der Waals surface area contributed by atoms with Gasteiger partial charge in [-0.25, -0.2) is 4.79 Å². The predicted molar refractivity (Wildman–Crippen MR) is 268 cm³/mol. The zero-order valence-corrected chi connectivity index (χ0v) is 43.0. The number of phenolic OH excluding ortho intramolecular Hbond substituents is 1. The Morgan fingerprint density at radius 1 is 0.533 bits per heavy atom. The van der Waals surface area contributed by atoms with E-state index in [1.165, 1.54) is 31.2 Å². The first-order valence-electron chi connectivity index (χ1n) is 24.6. The number of aromatic hydroxyl groups is 1. The SMILES string of the molecule is CC(C)C[C@H](NC(=O)CNC(=O)[C@H](Cc1ccc(O)cc1)NC(=O)[C@H](C)NC(=O)[C@@H](NC(=O)[C@H](CO)NC(=O)[C@@H](N)CC(=O)O)C(C)C)C(=O)N[C@@H](CCCCN)C(=O)N[C@@H](CO)C(=O)N[C@@H](CCCCN)C(=O)O. The summed E-state index contributed by atoms with van der Waals surface area (Å²) in [4.78, 5) is 143. The van der Waals surface area contributed by atoms with Crippen LogP contribution in [0, 0.1) is 11.8 Å². The molecule has 0 aliphatic rings. The van der Waals surface area contributed by atoms with Crippen LogP contribution in [-0.2, 0) is 59.2 Å². The summed E-state index contributed by atoms with van der Waals surface area (Å²) in [5, 5.41) is 69.7. The Balaban J connectivity index is 3.22. The van der Waals surface area contributed by atoms with E-state index in [2.05, 4.69) is 47.9 Å². The van der Waals surface area contributed by atoms with E-state index in [1.54, 1.807) is 27.7 Å². The molecule has 0 bridgehead atoms. The van der Waals surface area contributed by atoms with Crippen LogP contribution in [0.15, 0.2) is 24.3 Å². The molecule has 1 rings (SSSR count). The van der Waals surface area contributed by atoms with Crippen LogP contribution in [0.5, 0.6) is 5.75 Å². The fourth-order valence-corrected chi connectivity index (χ4v) is 7.05. The number of phenols is 1. The number of amides is 9. The zero-order chi connectivity index (χ0) is 56.9. The van der Waals surface area contributed by atoms with Gasteiger partial charge in [-0.15, -0.1) is 0 Å². The summed E-state index contributed by atoms with van der Waals surface area (Å²) in [7, 11) is 0. The van der Waals surface area contributed by atoms with Crippen molar-refractivity contribution >= 4 is 65.1 Å². The predicted octanol–water partition coefficient (Wildman–Crippen LogP) is -5.22. The summed E-state index contributed by atoms with van der Waals surface area (Å²) in [5.41, 5.74) is 17.1. The second-order valence-electron chi connectivity index (χ2n) is 18.6. The molecule has 0 aliphatic heterocycles. The minimum atomic E-state index is -1.64. The van der Waals surface area contributed by atoms with Crippen LogP contribution in [0.4, 0.5) is 0 Å². The highest BCUT2D eigenvalue weighted by atomic mass is 16.4. The molecule has 0 unspecified atom stereocenters. The van der Waals surface area contributed by atoms with Crippen molar-refractivity contribution in [1.82, 2.24) is 47.9 Å². The summed E-state index contributed by atoms with van der Waals surface area (Å²) in [6.07, 6.45) is 0.762. The number of carbonyl (C=O) groups is 11. The largest absolute Gasteiger partial charge is 0.508 e. The Hall–Kier alpha value is -7.01. The molecule has 20 N–H and O–H groups in total. The first-order chi connectivity index (χ1) is 35.3. The maximum Gasteiger partial charge on any atom is 0.326 e. The molecule has 0 saturated carbocycles. The number of rotatable bonds is 36. The Morgan fingerprint density at radius 3 is 1.52 bits per heavy atom. The molecule has 0 heterocycles. The lowest BCUT2D eigenvalue weighted by Gasteiger charge is -2.27. The van der Waals surface area contributed by atoms with Crippen LogP contribution < -0.4 is 65.1 Å². The van der Waals surface area contributed by atoms with Crippen molar-refractivity contribution in [1.29, 1.82) is 0 Å². The molecule has 75 heavy (non-hydrogen) atoms. The van der Waals surface area contributed by atoms with E-state index in [1.807, 2.05) is 0 Å². The number of hydrogen-bond donors (Lipinski definition) is 17. The van der Waals surface area contributed by atoms with Crippen LogP contribution in [0.2, 0.25) is 0 Å². The van der Waals surface area contributed by atoms with Gasteiger partial charge in [0.15, 0.2) is 0 Å². The van der Waals surface area contributed by atoms with Gasteiger partial charge in [-0.05, 0) is 94.5 Å². The number of nitrogens with one attached hydrogen (secondary N) is 9. The Morgan fingerprint density at radius 2 is 1.01 bits per heavy atom. The van der Waals surface area contributed by atoms with Gasteiger partial charge in [-0.3, -0.25) is 47.9 Å². The van der Waals surface area contributed by atoms with Crippen LogP contribution in [0.3, 0.4) is 0 Å². The number of carbonyl (C=O) groups excluding carboxylic acids is 9. The molecule has 0 aliphatic carbocycles. The van der Waals surface area contributed by atoms with Crippen molar-refractivity contribution in [3.8, 4) is 5.75 Å². The van der Waals surface area contributed by atoms with Gasteiger partial charge in [0, 0.05) is 6.42 Å². The smallest absolute Gasteiger partial charge is 0.326 e. The van der Waals surface area contributed by atoms with E-state index in [0.717, 1.165) is 0 Å². The third kappa shape index (κ3) is 25.2. The van der Waals surface area contributed by atoms with Crippen molar-refractivity contribution in [3.05, 3.63) is 29.8 Å². The van der Waals surface area contributed by atoms with Gasteiger partial charge in [0.25, 0.3) is 0 Å². The van der Waals surface area contributed by atoms with Crippen molar-refractivity contribution < 1.29 is 78.3 Å². The van der Waals surface area contributed by atoms with E-state index < -0.39 is 152 Å². The lowest BCUT2D eigenvalue weighted by Crippen LogP contribution is -2.60.